The first-order chi connectivity index (χ1) is 12.0. The number of likely N-dealkylation sites (N-methyl/N-ethyl adjacent to an activating group) is 1. The Morgan fingerprint density at radius 2 is 2.08 bits per heavy atom. The van der Waals surface area contributed by atoms with Crippen molar-refractivity contribution in [3.63, 3.8) is 0 Å². The molecule has 2 amide bonds. The lowest BCUT2D eigenvalue weighted by Gasteiger charge is -2.40. The van der Waals surface area contributed by atoms with E-state index in [9.17, 15) is 9.59 Å². The van der Waals surface area contributed by atoms with Gasteiger partial charge in [0.1, 0.15) is 5.69 Å². The minimum atomic E-state index is -0.106. The number of hydrogen-bond acceptors (Lipinski definition) is 3. The van der Waals surface area contributed by atoms with Gasteiger partial charge in [0.15, 0.2) is 0 Å². The fourth-order valence-corrected chi connectivity index (χ4v) is 2.98. The predicted octanol–water partition coefficient (Wildman–Crippen LogP) is 2.45. The Morgan fingerprint density at radius 3 is 2.72 bits per heavy atom. The zero-order chi connectivity index (χ0) is 18.0. The molecule has 1 aromatic carbocycles. The maximum atomic E-state index is 12.5. The molecule has 0 aliphatic carbocycles. The van der Waals surface area contributed by atoms with E-state index in [0.29, 0.717) is 36.0 Å². The number of rotatable bonds is 5. The largest absolute Gasteiger partial charge is 0.342 e. The Labute approximate surface area is 151 Å². The van der Waals surface area contributed by atoms with Crippen molar-refractivity contribution in [2.24, 2.45) is 5.92 Å². The van der Waals surface area contributed by atoms with Crippen molar-refractivity contribution in [1.82, 2.24) is 20.0 Å². The van der Waals surface area contributed by atoms with Crippen LogP contribution in [0.5, 0.6) is 0 Å². The standard InChI is InChI=1S/C18H19ClN4O2/c1-3-17(24)22(2)9-12-10-23(11-12)18(25)16-8-15(20-21-16)13-4-6-14(19)7-5-13/h3-8,12H,1,9-11H2,2H3,(H,20,21). The molecule has 6 nitrogen and oxygen atoms in total. The second-order valence-electron chi connectivity index (χ2n) is 6.17. The normalized spacial score (nSPS) is 14.1. The van der Waals surface area contributed by atoms with Crippen LogP contribution >= 0.6 is 11.6 Å². The predicted molar refractivity (Wildman–Crippen MR) is 96.3 cm³/mol. The van der Waals surface area contributed by atoms with Crippen LogP contribution in [0.3, 0.4) is 0 Å². The van der Waals surface area contributed by atoms with Crippen LogP contribution in [-0.4, -0.2) is 58.5 Å². The van der Waals surface area contributed by atoms with Crippen molar-refractivity contribution in [2.45, 2.75) is 0 Å². The van der Waals surface area contributed by atoms with Crippen LogP contribution in [0.25, 0.3) is 11.3 Å². The highest BCUT2D eigenvalue weighted by molar-refractivity contribution is 6.30. The summed E-state index contributed by atoms with van der Waals surface area (Å²) in [6.45, 7) is 5.35. The number of halogens is 1. The quantitative estimate of drug-likeness (QED) is 0.835. The summed E-state index contributed by atoms with van der Waals surface area (Å²) >= 11 is 5.88. The van der Waals surface area contributed by atoms with E-state index in [-0.39, 0.29) is 17.7 Å². The molecule has 1 aliphatic rings. The molecule has 0 radical (unpaired) electrons. The first-order valence-electron chi connectivity index (χ1n) is 7.96. The molecule has 1 aliphatic heterocycles. The molecule has 3 rings (SSSR count). The highest BCUT2D eigenvalue weighted by atomic mass is 35.5. The maximum absolute atomic E-state index is 12.5. The zero-order valence-electron chi connectivity index (χ0n) is 13.9. The van der Waals surface area contributed by atoms with Gasteiger partial charge in [0.25, 0.3) is 5.91 Å². The van der Waals surface area contributed by atoms with E-state index < -0.39 is 0 Å². The molecule has 0 atom stereocenters. The summed E-state index contributed by atoms with van der Waals surface area (Å²) in [6, 6.07) is 9.03. The van der Waals surface area contributed by atoms with Crippen molar-refractivity contribution in [3.8, 4) is 11.3 Å². The molecule has 130 valence electrons. The smallest absolute Gasteiger partial charge is 0.271 e. The van der Waals surface area contributed by atoms with E-state index in [1.807, 2.05) is 12.1 Å². The van der Waals surface area contributed by atoms with E-state index in [1.165, 1.54) is 6.08 Å². The minimum absolute atomic E-state index is 0.0818. The van der Waals surface area contributed by atoms with E-state index in [2.05, 4.69) is 16.8 Å². The number of aromatic nitrogens is 2. The fraction of sp³-hybridized carbons (Fsp3) is 0.278. The highest BCUT2D eigenvalue weighted by Gasteiger charge is 2.33. The fourth-order valence-electron chi connectivity index (χ4n) is 2.85. The van der Waals surface area contributed by atoms with Crippen LogP contribution in [-0.2, 0) is 4.79 Å². The summed E-state index contributed by atoms with van der Waals surface area (Å²) in [6.07, 6.45) is 1.30. The van der Waals surface area contributed by atoms with E-state index in [0.717, 1.165) is 5.56 Å². The summed E-state index contributed by atoms with van der Waals surface area (Å²) in [4.78, 5) is 27.3. The van der Waals surface area contributed by atoms with Crippen LogP contribution in [0.2, 0.25) is 5.02 Å². The molecule has 1 aromatic heterocycles. The molecule has 0 spiro atoms. The number of likely N-dealkylation sites (tertiary alicyclic amines) is 1. The number of carbonyl (C=O) groups is 2. The Kier molecular flexibility index (Phi) is 4.90. The second kappa shape index (κ2) is 7.11. The maximum Gasteiger partial charge on any atom is 0.271 e. The number of benzene rings is 1. The van der Waals surface area contributed by atoms with Gasteiger partial charge in [-0.15, -0.1) is 0 Å². The van der Waals surface area contributed by atoms with E-state index in [4.69, 9.17) is 11.6 Å². The topological polar surface area (TPSA) is 69.3 Å². The average molecular weight is 359 g/mol. The summed E-state index contributed by atoms with van der Waals surface area (Å²) in [5, 5.41) is 7.65. The van der Waals surface area contributed by atoms with Gasteiger partial charge in [-0.3, -0.25) is 14.7 Å². The second-order valence-corrected chi connectivity index (χ2v) is 6.61. The van der Waals surface area contributed by atoms with Gasteiger partial charge in [-0.2, -0.15) is 5.10 Å². The molecule has 2 aromatic rings. The average Bonchev–Trinajstić information content (AvgIpc) is 3.06. The van der Waals surface area contributed by atoms with Gasteiger partial charge in [-0.05, 0) is 24.3 Å². The third-order valence-corrected chi connectivity index (χ3v) is 4.53. The molecule has 7 heteroatoms. The Morgan fingerprint density at radius 1 is 1.40 bits per heavy atom. The Hall–Kier alpha value is -2.60. The first kappa shape index (κ1) is 17.2. The van der Waals surface area contributed by atoms with Crippen molar-refractivity contribution < 1.29 is 9.59 Å². The molecule has 25 heavy (non-hydrogen) atoms. The molecule has 2 heterocycles. The minimum Gasteiger partial charge on any atom is -0.342 e. The van der Waals surface area contributed by atoms with Gasteiger partial charge in [0, 0.05) is 43.2 Å². The summed E-state index contributed by atoms with van der Waals surface area (Å²) in [5.74, 6) is 0.101. The number of aromatic amines is 1. The van der Waals surface area contributed by atoms with Gasteiger partial charge < -0.3 is 9.80 Å². The highest BCUT2D eigenvalue weighted by Crippen LogP contribution is 2.23. The zero-order valence-corrected chi connectivity index (χ0v) is 14.7. The third-order valence-electron chi connectivity index (χ3n) is 4.28. The number of hydrogen-bond donors (Lipinski definition) is 1. The van der Waals surface area contributed by atoms with Crippen LogP contribution in [0, 0.1) is 5.92 Å². The van der Waals surface area contributed by atoms with Gasteiger partial charge in [0.05, 0.1) is 5.69 Å². The Bertz CT molecular complexity index is 794. The summed E-state index contributed by atoms with van der Waals surface area (Å²) in [5.41, 5.74) is 2.05. The van der Waals surface area contributed by atoms with E-state index >= 15 is 0 Å². The van der Waals surface area contributed by atoms with Gasteiger partial charge in [-0.1, -0.05) is 30.3 Å². The first-order valence-corrected chi connectivity index (χ1v) is 8.34. The van der Waals surface area contributed by atoms with Crippen molar-refractivity contribution in [3.05, 3.63) is 53.7 Å². The van der Waals surface area contributed by atoms with Gasteiger partial charge >= 0.3 is 0 Å². The third kappa shape index (κ3) is 3.74. The number of carbonyl (C=O) groups excluding carboxylic acids is 2. The monoisotopic (exact) mass is 358 g/mol. The molecule has 0 saturated carbocycles. The summed E-state index contributed by atoms with van der Waals surface area (Å²) < 4.78 is 0. The van der Waals surface area contributed by atoms with Crippen LogP contribution in [0.1, 0.15) is 10.5 Å². The lowest BCUT2D eigenvalue weighted by molar-refractivity contribution is -0.125. The molecule has 1 saturated heterocycles. The molecule has 0 bridgehead atoms. The van der Waals surface area contributed by atoms with Crippen molar-refractivity contribution >= 4 is 23.4 Å². The van der Waals surface area contributed by atoms with Gasteiger partial charge in [-0.25, -0.2) is 0 Å². The van der Waals surface area contributed by atoms with Crippen LogP contribution in [0.15, 0.2) is 43.0 Å². The van der Waals surface area contributed by atoms with E-state index in [1.54, 1.807) is 35.0 Å². The van der Waals surface area contributed by atoms with Crippen LogP contribution < -0.4 is 0 Å². The lowest BCUT2D eigenvalue weighted by atomic mass is 9.99. The lowest BCUT2D eigenvalue weighted by Crippen LogP contribution is -2.54. The molecular weight excluding hydrogens is 340 g/mol. The number of amides is 2. The Balaban J connectivity index is 1.57. The molecule has 0 unspecified atom stereocenters. The SMILES string of the molecule is C=CC(=O)N(C)CC1CN(C(=O)c2cc(-c3ccc(Cl)cc3)n[nH]2)C1. The number of nitrogens with one attached hydrogen (secondary N) is 1. The molecular formula is C18H19ClN4O2. The summed E-state index contributed by atoms with van der Waals surface area (Å²) in [7, 11) is 1.74. The number of H-pyrrole nitrogens is 1. The van der Waals surface area contributed by atoms with Crippen LogP contribution in [0.4, 0.5) is 0 Å². The van der Waals surface area contributed by atoms with Crippen molar-refractivity contribution in [1.29, 1.82) is 0 Å². The number of nitrogens with zero attached hydrogens (tertiary/aromatic N) is 3. The molecule has 1 fully saturated rings. The molecule has 1 N–H and O–H groups in total. The van der Waals surface area contributed by atoms with Gasteiger partial charge in [0.2, 0.25) is 5.91 Å². The van der Waals surface area contributed by atoms with Crippen molar-refractivity contribution in [2.75, 3.05) is 26.7 Å².